The summed E-state index contributed by atoms with van der Waals surface area (Å²) in [5.74, 6) is -0.231. The van der Waals surface area contributed by atoms with Gasteiger partial charge in [0.2, 0.25) is 0 Å². The van der Waals surface area contributed by atoms with E-state index in [2.05, 4.69) is 46.4 Å². The van der Waals surface area contributed by atoms with Crippen molar-refractivity contribution in [1.82, 2.24) is 19.1 Å². The first-order chi connectivity index (χ1) is 19.5. The van der Waals surface area contributed by atoms with Crippen molar-refractivity contribution in [3.63, 3.8) is 0 Å². The minimum Gasteiger partial charge on any atom is -0.466 e. The van der Waals surface area contributed by atoms with Crippen LogP contribution in [0.3, 0.4) is 0 Å². The number of ether oxygens (including phenoxy) is 2. The number of pyridine rings is 1. The summed E-state index contributed by atoms with van der Waals surface area (Å²) < 4.78 is 14.1. The lowest BCUT2D eigenvalue weighted by molar-refractivity contribution is -0.151. The second kappa shape index (κ2) is 9.20. The summed E-state index contributed by atoms with van der Waals surface area (Å²) in [5, 5.41) is 2.06. The van der Waals surface area contributed by atoms with E-state index in [0.717, 1.165) is 55.2 Å². The summed E-state index contributed by atoms with van der Waals surface area (Å²) >= 11 is 0. The number of benzene rings is 3. The number of carbonyl (C=O) groups excluding carboxylic acids is 1. The third-order valence-corrected chi connectivity index (χ3v) is 8.05. The highest BCUT2D eigenvalue weighted by Crippen LogP contribution is 2.37. The van der Waals surface area contributed by atoms with E-state index < -0.39 is 5.41 Å². The lowest BCUT2D eigenvalue weighted by Gasteiger charge is -2.41. The lowest BCUT2D eigenvalue weighted by Crippen LogP contribution is -2.48. The van der Waals surface area contributed by atoms with Gasteiger partial charge >= 0.3 is 11.7 Å². The standard InChI is InChI=1S/C32H28N4O4/c1-3-40-29(37)16-32(18-39-19-32)23-7-9-24(10-8-23)36-30-25-14-21(22-5-4-20-12-13-33-27(20)15-22)6-11-26(25)34-17-28(30)35(2)31(36)38/h4-15,17,33H,3,16,18-19H2,1-2H3. The van der Waals surface area contributed by atoms with Crippen LogP contribution in [0.2, 0.25) is 0 Å². The van der Waals surface area contributed by atoms with Crippen molar-refractivity contribution in [2.24, 2.45) is 7.05 Å². The molecule has 6 aromatic rings. The van der Waals surface area contributed by atoms with Crippen molar-refractivity contribution < 1.29 is 14.3 Å². The smallest absolute Gasteiger partial charge is 0.333 e. The molecule has 200 valence electrons. The van der Waals surface area contributed by atoms with Crippen LogP contribution in [-0.2, 0) is 26.7 Å². The first-order valence-electron chi connectivity index (χ1n) is 13.4. The Bertz CT molecular complexity index is 1980. The van der Waals surface area contributed by atoms with E-state index >= 15 is 0 Å². The van der Waals surface area contributed by atoms with Crippen molar-refractivity contribution in [1.29, 1.82) is 0 Å². The van der Waals surface area contributed by atoms with Gasteiger partial charge in [0, 0.05) is 24.1 Å². The van der Waals surface area contributed by atoms with E-state index in [0.29, 0.717) is 19.8 Å². The molecule has 0 atom stereocenters. The van der Waals surface area contributed by atoms with Crippen molar-refractivity contribution in [3.8, 4) is 16.8 Å². The molecule has 7 rings (SSSR count). The molecule has 8 nitrogen and oxygen atoms in total. The summed E-state index contributed by atoms with van der Waals surface area (Å²) in [4.78, 5) is 33.8. The number of aryl methyl sites for hydroxylation is 1. The van der Waals surface area contributed by atoms with Crippen molar-refractivity contribution in [2.45, 2.75) is 18.8 Å². The molecule has 1 aliphatic heterocycles. The van der Waals surface area contributed by atoms with Crippen LogP contribution in [-0.4, -0.2) is 44.9 Å². The predicted octanol–water partition coefficient (Wildman–Crippen LogP) is 5.25. The van der Waals surface area contributed by atoms with E-state index in [9.17, 15) is 9.59 Å². The molecule has 3 aromatic heterocycles. The molecule has 1 saturated heterocycles. The number of fused-ring (bicyclic) bond motifs is 4. The van der Waals surface area contributed by atoms with Crippen LogP contribution in [0.25, 0.3) is 49.7 Å². The van der Waals surface area contributed by atoms with E-state index in [-0.39, 0.29) is 18.1 Å². The van der Waals surface area contributed by atoms with Gasteiger partial charge in [-0.2, -0.15) is 0 Å². The summed E-state index contributed by atoms with van der Waals surface area (Å²) in [6.45, 7) is 3.09. The molecule has 0 spiro atoms. The predicted molar refractivity (Wildman–Crippen MR) is 155 cm³/mol. The number of nitrogens with one attached hydrogen (secondary N) is 1. The van der Waals surface area contributed by atoms with Gasteiger partial charge in [-0.25, -0.2) is 4.79 Å². The van der Waals surface area contributed by atoms with Crippen LogP contribution in [0.5, 0.6) is 0 Å². The van der Waals surface area contributed by atoms with Crippen molar-refractivity contribution >= 4 is 38.8 Å². The van der Waals surface area contributed by atoms with Gasteiger partial charge in [0.1, 0.15) is 0 Å². The molecule has 1 N–H and O–H groups in total. The highest BCUT2D eigenvalue weighted by molar-refractivity contribution is 6.05. The fraction of sp³-hybridized carbons (Fsp3) is 0.219. The molecule has 0 bridgehead atoms. The average molecular weight is 533 g/mol. The van der Waals surface area contributed by atoms with E-state index in [1.807, 2.05) is 36.5 Å². The first kappa shape index (κ1) is 24.4. The topological polar surface area (TPSA) is 91.1 Å². The summed E-state index contributed by atoms with van der Waals surface area (Å²) in [5.41, 5.74) is 6.76. The Morgan fingerprint density at radius 1 is 1.05 bits per heavy atom. The Kier molecular flexibility index (Phi) is 5.61. The van der Waals surface area contributed by atoms with Gasteiger partial charge in [-0.1, -0.05) is 30.3 Å². The zero-order valence-electron chi connectivity index (χ0n) is 22.3. The Morgan fingerprint density at radius 2 is 1.82 bits per heavy atom. The maximum Gasteiger partial charge on any atom is 0.333 e. The number of hydrogen-bond donors (Lipinski definition) is 1. The van der Waals surface area contributed by atoms with Gasteiger partial charge in [0.15, 0.2) is 0 Å². The molecule has 0 saturated carbocycles. The quantitative estimate of drug-likeness (QED) is 0.296. The maximum absolute atomic E-state index is 13.6. The fourth-order valence-corrected chi connectivity index (χ4v) is 5.82. The third kappa shape index (κ3) is 3.75. The van der Waals surface area contributed by atoms with E-state index in [1.54, 1.807) is 29.3 Å². The van der Waals surface area contributed by atoms with Gasteiger partial charge < -0.3 is 14.5 Å². The number of carbonyl (C=O) groups is 1. The summed E-state index contributed by atoms with van der Waals surface area (Å²) in [6.07, 6.45) is 3.96. The number of H-pyrrole nitrogens is 1. The fourth-order valence-electron chi connectivity index (χ4n) is 5.82. The van der Waals surface area contributed by atoms with E-state index in [1.165, 1.54) is 0 Å². The number of esters is 1. The van der Waals surface area contributed by atoms with Crippen molar-refractivity contribution in [2.75, 3.05) is 19.8 Å². The number of aromatic nitrogens is 4. The maximum atomic E-state index is 13.6. The molecule has 8 heteroatoms. The molecule has 0 unspecified atom stereocenters. The highest BCUT2D eigenvalue weighted by atomic mass is 16.5. The second-order valence-corrected chi connectivity index (χ2v) is 10.5. The number of hydrogen-bond acceptors (Lipinski definition) is 5. The monoisotopic (exact) mass is 532 g/mol. The van der Waals surface area contributed by atoms with Crippen LogP contribution < -0.4 is 5.69 Å². The zero-order valence-corrected chi connectivity index (χ0v) is 22.3. The molecule has 0 aliphatic carbocycles. The number of nitrogens with zero attached hydrogens (tertiary/aromatic N) is 3. The average Bonchev–Trinajstić information content (AvgIpc) is 3.52. The minimum absolute atomic E-state index is 0.150. The summed E-state index contributed by atoms with van der Waals surface area (Å²) in [6, 6.07) is 22.4. The normalized spacial score (nSPS) is 14.6. The number of aromatic amines is 1. The molecular weight excluding hydrogens is 504 g/mol. The molecule has 4 heterocycles. The lowest BCUT2D eigenvalue weighted by atomic mass is 9.76. The molecule has 0 amide bonds. The third-order valence-electron chi connectivity index (χ3n) is 8.05. The SMILES string of the molecule is CCOC(=O)CC1(c2ccc(-n3c(=O)n(C)c4cnc5ccc(-c6ccc7cc[nH]c7c6)cc5c43)cc2)COC1. The number of imidazole rings is 1. The Labute approximate surface area is 229 Å². The molecule has 1 aliphatic rings. The van der Waals surface area contributed by atoms with Gasteiger partial charge in [-0.05, 0) is 65.4 Å². The molecule has 3 aromatic carbocycles. The Balaban J connectivity index is 1.35. The van der Waals surface area contributed by atoms with Crippen LogP contribution in [0.15, 0.2) is 83.9 Å². The number of rotatable bonds is 6. The van der Waals surface area contributed by atoms with Crippen LogP contribution in [0.4, 0.5) is 0 Å². The first-order valence-corrected chi connectivity index (χ1v) is 13.4. The van der Waals surface area contributed by atoms with E-state index in [4.69, 9.17) is 9.47 Å². The van der Waals surface area contributed by atoms with Gasteiger partial charge in [-0.3, -0.25) is 18.9 Å². The molecule has 40 heavy (non-hydrogen) atoms. The molecule has 1 fully saturated rings. The van der Waals surface area contributed by atoms with Gasteiger partial charge in [0.05, 0.1) is 60.1 Å². The van der Waals surface area contributed by atoms with Gasteiger partial charge in [0.25, 0.3) is 0 Å². The van der Waals surface area contributed by atoms with Gasteiger partial charge in [-0.15, -0.1) is 0 Å². The zero-order chi connectivity index (χ0) is 27.4. The van der Waals surface area contributed by atoms with Crippen LogP contribution in [0, 0.1) is 0 Å². The van der Waals surface area contributed by atoms with Crippen molar-refractivity contribution in [3.05, 3.63) is 95.2 Å². The van der Waals surface area contributed by atoms with Crippen LogP contribution >= 0.6 is 0 Å². The Morgan fingerprint density at radius 3 is 2.58 bits per heavy atom. The molecular formula is C32H28N4O4. The second-order valence-electron chi connectivity index (χ2n) is 10.5. The highest BCUT2D eigenvalue weighted by Gasteiger charge is 2.42. The van der Waals surface area contributed by atoms with Crippen LogP contribution in [0.1, 0.15) is 18.9 Å². The largest absolute Gasteiger partial charge is 0.466 e. The Hall–Kier alpha value is -4.69. The summed E-state index contributed by atoms with van der Waals surface area (Å²) in [7, 11) is 1.77. The molecule has 0 radical (unpaired) electrons. The minimum atomic E-state index is -0.403.